The Bertz CT molecular complexity index is 1120. The molecule has 3 heterocycles. The minimum Gasteiger partial charge on any atom is -0.394 e. The number of rotatable bonds is 6. The molecule has 3 aromatic rings. The van der Waals surface area contributed by atoms with E-state index in [4.69, 9.17) is 16.6 Å². The third-order valence-electron chi connectivity index (χ3n) is 6.04. The molecule has 9 heteroatoms. The molecule has 1 aliphatic heterocycles. The smallest absolute Gasteiger partial charge is 0.227 e. The van der Waals surface area contributed by atoms with E-state index in [0.717, 1.165) is 43.4 Å². The number of hydrogen-bond donors (Lipinski definition) is 1. The van der Waals surface area contributed by atoms with Crippen molar-refractivity contribution in [2.75, 3.05) is 54.5 Å². The molecule has 4 rings (SSSR count). The summed E-state index contributed by atoms with van der Waals surface area (Å²) in [5.74, 6) is 1.82. The predicted molar refractivity (Wildman–Crippen MR) is 131 cm³/mol. The summed E-state index contributed by atoms with van der Waals surface area (Å²) in [7, 11) is 1.85. The second-order valence-electron chi connectivity index (χ2n) is 8.30. The van der Waals surface area contributed by atoms with E-state index in [0.29, 0.717) is 17.2 Å². The summed E-state index contributed by atoms with van der Waals surface area (Å²) in [5.41, 5.74) is 2.52. The lowest BCUT2D eigenvalue weighted by Gasteiger charge is -2.37. The first-order valence-corrected chi connectivity index (χ1v) is 11.3. The van der Waals surface area contributed by atoms with Gasteiger partial charge in [0.1, 0.15) is 17.5 Å². The molecule has 7 nitrogen and oxygen atoms in total. The standard InChI is InChI=1S/C24H28ClFN6O/c1-16-5-4-8-27-23(16)32-11-9-31(10-12-32)22-14-21(18-6-7-20(26)19(25)13-18)28-24(29-22)30(3)17(2)15-33/h4-8,13-14,17,33H,9-12,15H2,1-3H3/t17-/m0/s1. The van der Waals surface area contributed by atoms with Gasteiger partial charge in [-0.15, -0.1) is 0 Å². The first kappa shape index (κ1) is 23.2. The van der Waals surface area contributed by atoms with Gasteiger partial charge in [-0.25, -0.2) is 14.4 Å². The average Bonchev–Trinajstić information content (AvgIpc) is 2.85. The average molecular weight is 471 g/mol. The number of nitrogens with zero attached hydrogens (tertiary/aromatic N) is 6. The van der Waals surface area contributed by atoms with Crippen LogP contribution in [0.1, 0.15) is 12.5 Å². The highest BCUT2D eigenvalue weighted by atomic mass is 35.5. The van der Waals surface area contributed by atoms with Crippen LogP contribution in [0.3, 0.4) is 0 Å². The SMILES string of the molecule is Cc1cccnc1N1CCN(c2cc(-c3ccc(F)c(Cl)c3)nc(N(C)[C@@H](C)CO)n2)CC1. The monoisotopic (exact) mass is 470 g/mol. The van der Waals surface area contributed by atoms with Crippen LogP contribution in [0.2, 0.25) is 5.02 Å². The molecular weight excluding hydrogens is 443 g/mol. The Morgan fingerprint density at radius 2 is 1.85 bits per heavy atom. The normalized spacial score (nSPS) is 15.0. The van der Waals surface area contributed by atoms with Gasteiger partial charge in [0.15, 0.2) is 0 Å². The molecule has 33 heavy (non-hydrogen) atoms. The zero-order valence-corrected chi connectivity index (χ0v) is 19.8. The Morgan fingerprint density at radius 1 is 1.12 bits per heavy atom. The van der Waals surface area contributed by atoms with E-state index in [1.165, 1.54) is 6.07 Å². The van der Waals surface area contributed by atoms with Crippen molar-refractivity contribution >= 4 is 29.2 Å². The molecule has 174 valence electrons. The van der Waals surface area contributed by atoms with Crippen LogP contribution >= 0.6 is 11.6 Å². The highest BCUT2D eigenvalue weighted by molar-refractivity contribution is 6.31. The van der Waals surface area contributed by atoms with Gasteiger partial charge in [0.05, 0.1) is 23.4 Å². The van der Waals surface area contributed by atoms with Gasteiger partial charge in [-0.2, -0.15) is 4.98 Å². The Morgan fingerprint density at radius 3 is 2.52 bits per heavy atom. The van der Waals surface area contributed by atoms with Crippen LogP contribution in [0.15, 0.2) is 42.6 Å². The molecule has 2 aromatic heterocycles. The zero-order chi connectivity index (χ0) is 23.5. The van der Waals surface area contributed by atoms with Crippen molar-refractivity contribution in [3.05, 3.63) is 59.0 Å². The maximum absolute atomic E-state index is 13.7. The number of aliphatic hydroxyl groups is 1. The lowest BCUT2D eigenvalue weighted by Crippen LogP contribution is -2.47. The fraction of sp³-hybridized carbons (Fsp3) is 0.375. The number of anilines is 3. The molecule has 1 N–H and O–H groups in total. The van der Waals surface area contributed by atoms with Crippen LogP contribution in [0.25, 0.3) is 11.3 Å². The molecule has 0 spiro atoms. The minimum absolute atomic E-state index is 0.0239. The summed E-state index contributed by atoms with van der Waals surface area (Å²) < 4.78 is 13.7. The van der Waals surface area contributed by atoms with Crippen molar-refractivity contribution in [1.82, 2.24) is 15.0 Å². The molecule has 0 bridgehead atoms. The summed E-state index contributed by atoms with van der Waals surface area (Å²) in [6.45, 7) is 7.13. The van der Waals surface area contributed by atoms with Gasteiger partial charge in [0, 0.05) is 51.1 Å². The van der Waals surface area contributed by atoms with E-state index in [9.17, 15) is 9.50 Å². The Labute approximate surface area is 198 Å². The number of aliphatic hydroxyl groups excluding tert-OH is 1. The number of piperazine rings is 1. The Balaban J connectivity index is 1.64. The number of likely N-dealkylation sites (N-methyl/N-ethyl adjacent to an activating group) is 1. The van der Waals surface area contributed by atoms with Gasteiger partial charge < -0.3 is 19.8 Å². The summed E-state index contributed by atoms with van der Waals surface area (Å²) in [5, 5.41) is 9.67. The van der Waals surface area contributed by atoms with E-state index in [1.54, 1.807) is 12.1 Å². The van der Waals surface area contributed by atoms with Crippen molar-refractivity contribution in [3.63, 3.8) is 0 Å². The van der Waals surface area contributed by atoms with Crippen molar-refractivity contribution in [2.24, 2.45) is 0 Å². The lowest BCUT2D eigenvalue weighted by molar-refractivity contribution is 0.269. The van der Waals surface area contributed by atoms with Crippen LogP contribution in [-0.2, 0) is 0 Å². The number of aromatic nitrogens is 3. The van der Waals surface area contributed by atoms with Crippen LogP contribution in [0.4, 0.5) is 22.0 Å². The quantitative estimate of drug-likeness (QED) is 0.588. The molecule has 0 aliphatic carbocycles. The summed E-state index contributed by atoms with van der Waals surface area (Å²) >= 11 is 6.03. The summed E-state index contributed by atoms with van der Waals surface area (Å²) in [6.07, 6.45) is 1.82. The molecule has 1 atom stereocenters. The van der Waals surface area contributed by atoms with Gasteiger partial charge in [-0.05, 0) is 43.7 Å². The van der Waals surface area contributed by atoms with E-state index < -0.39 is 5.82 Å². The van der Waals surface area contributed by atoms with Crippen LogP contribution in [-0.4, -0.2) is 65.9 Å². The first-order valence-electron chi connectivity index (χ1n) is 11.0. The fourth-order valence-corrected chi connectivity index (χ4v) is 4.00. The van der Waals surface area contributed by atoms with Crippen LogP contribution in [0, 0.1) is 12.7 Å². The molecule has 1 aliphatic rings. The first-order chi connectivity index (χ1) is 15.9. The van der Waals surface area contributed by atoms with Crippen molar-refractivity contribution in [1.29, 1.82) is 0 Å². The fourth-order valence-electron chi connectivity index (χ4n) is 3.82. The number of hydrogen-bond acceptors (Lipinski definition) is 7. The van der Waals surface area contributed by atoms with Crippen molar-refractivity contribution in [2.45, 2.75) is 19.9 Å². The topological polar surface area (TPSA) is 68.6 Å². The molecule has 0 unspecified atom stereocenters. The molecule has 1 aromatic carbocycles. The number of aryl methyl sites for hydroxylation is 1. The second kappa shape index (κ2) is 9.89. The maximum Gasteiger partial charge on any atom is 0.227 e. The zero-order valence-electron chi connectivity index (χ0n) is 19.0. The van der Waals surface area contributed by atoms with E-state index in [2.05, 4.69) is 32.8 Å². The molecular formula is C24H28ClFN6O. The summed E-state index contributed by atoms with van der Waals surface area (Å²) in [6, 6.07) is 10.3. The Hall–Kier alpha value is -2.97. The number of pyridine rings is 1. The van der Waals surface area contributed by atoms with Gasteiger partial charge >= 0.3 is 0 Å². The Kier molecular flexibility index (Phi) is 6.95. The molecule has 0 amide bonds. The molecule has 1 fully saturated rings. The van der Waals surface area contributed by atoms with E-state index >= 15 is 0 Å². The molecule has 0 radical (unpaired) electrons. The minimum atomic E-state index is -0.470. The largest absolute Gasteiger partial charge is 0.394 e. The summed E-state index contributed by atoms with van der Waals surface area (Å²) in [4.78, 5) is 20.4. The van der Waals surface area contributed by atoms with Gasteiger partial charge in [-0.3, -0.25) is 0 Å². The van der Waals surface area contributed by atoms with Crippen LogP contribution in [0.5, 0.6) is 0 Å². The third-order valence-corrected chi connectivity index (χ3v) is 6.33. The van der Waals surface area contributed by atoms with Gasteiger partial charge in [0.25, 0.3) is 0 Å². The van der Waals surface area contributed by atoms with Crippen LogP contribution < -0.4 is 14.7 Å². The van der Waals surface area contributed by atoms with Crippen molar-refractivity contribution in [3.8, 4) is 11.3 Å². The van der Waals surface area contributed by atoms with E-state index in [-0.39, 0.29) is 17.7 Å². The van der Waals surface area contributed by atoms with Crippen molar-refractivity contribution < 1.29 is 9.50 Å². The van der Waals surface area contributed by atoms with Gasteiger partial charge in [-0.1, -0.05) is 17.7 Å². The molecule has 1 saturated heterocycles. The maximum atomic E-state index is 13.7. The number of halogens is 2. The third kappa shape index (κ3) is 5.02. The number of benzene rings is 1. The molecule has 0 saturated carbocycles. The highest BCUT2D eigenvalue weighted by Gasteiger charge is 2.23. The van der Waals surface area contributed by atoms with E-state index in [1.807, 2.05) is 37.2 Å². The lowest BCUT2D eigenvalue weighted by atomic mass is 10.1. The second-order valence-corrected chi connectivity index (χ2v) is 8.71. The predicted octanol–water partition coefficient (Wildman–Crippen LogP) is 3.78. The van der Waals surface area contributed by atoms with Gasteiger partial charge in [0.2, 0.25) is 5.95 Å². The highest BCUT2D eigenvalue weighted by Crippen LogP contribution is 2.29.